The number of ether oxygens (including phenoxy) is 2. The molecule has 1 N–H and O–H groups in total. The molecule has 0 aliphatic carbocycles. The summed E-state index contributed by atoms with van der Waals surface area (Å²) in [5, 5.41) is 2.93. The second-order valence-corrected chi connectivity index (χ2v) is 3.47. The van der Waals surface area contributed by atoms with Gasteiger partial charge in [-0.05, 0) is 24.7 Å². The molecule has 5 heteroatoms. The van der Waals surface area contributed by atoms with Crippen molar-refractivity contribution >= 4 is 5.97 Å². The number of methoxy groups -OCH3 is 1. The zero-order valence-electron chi connectivity index (χ0n) is 9.96. The lowest BCUT2D eigenvalue weighted by molar-refractivity contribution is -0.141. The number of carbonyl (C=O) groups is 1. The van der Waals surface area contributed by atoms with Gasteiger partial charge in [0.25, 0.3) is 0 Å². The van der Waals surface area contributed by atoms with E-state index in [1.165, 1.54) is 13.2 Å². The highest BCUT2D eigenvalue weighted by Crippen LogP contribution is 2.18. The van der Waals surface area contributed by atoms with E-state index in [0.717, 1.165) is 5.56 Å². The van der Waals surface area contributed by atoms with Gasteiger partial charge in [0.15, 0.2) is 11.6 Å². The molecule has 0 amide bonds. The Morgan fingerprint density at radius 2 is 2.24 bits per heavy atom. The number of halogens is 1. The lowest BCUT2D eigenvalue weighted by Gasteiger charge is -2.08. The van der Waals surface area contributed by atoms with Crippen molar-refractivity contribution in [2.75, 3.05) is 20.8 Å². The molecule has 0 aliphatic rings. The van der Waals surface area contributed by atoms with Gasteiger partial charge in [-0.1, -0.05) is 6.07 Å². The van der Waals surface area contributed by atoms with Crippen LogP contribution in [0.4, 0.5) is 4.39 Å². The lowest BCUT2D eigenvalue weighted by atomic mass is 10.2. The Hall–Kier alpha value is -1.62. The summed E-state index contributed by atoms with van der Waals surface area (Å²) in [7, 11) is 3.09. The van der Waals surface area contributed by atoms with E-state index in [9.17, 15) is 9.18 Å². The highest BCUT2D eigenvalue weighted by atomic mass is 19.1. The van der Waals surface area contributed by atoms with Crippen LogP contribution >= 0.6 is 0 Å². The maximum absolute atomic E-state index is 13.5. The van der Waals surface area contributed by atoms with E-state index in [1.807, 2.05) is 0 Å². The van der Waals surface area contributed by atoms with E-state index in [2.05, 4.69) is 10.1 Å². The Labute approximate surface area is 99.7 Å². The van der Waals surface area contributed by atoms with Crippen molar-refractivity contribution in [1.29, 1.82) is 0 Å². The second kappa shape index (κ2) is 6.85. The fraction of sp³-hybridized carbons (Fsp3) is 0.417. The number of rotatable bonds is 6. The predicted octanol–water partition coefficient (Wildman–Crippen LogP) is 1.49. The first kappa shape index (κ1) is 13.4. The molecule has 1 aromatic rings. The number of esters is 1. The van der Waals surface area contributed by atoms with Crippen LogP contribution in [-0.4, -0.2) is 26.7 Å². The first-order valence-electron chi connectivity index (χ1n) is 5.30. The minimum Gasteiger partial charge on any atom is -0.490 e. The summed E-state index contributed by atoms with van der Waals surface area (Å²) >= 11 is 0. The molecule has 0 atom stereocenters. The topological polar surface area (TPSA) is 47.6 Å². The van der Waals surface area contributed by atoms with Crippen molar-refractivity contribution in [3.63, 3.8) is 0 Å². The van der Waals surface area contributed by atoms with E-state index in [4.69, 9.17) is 4.74 Å². The van der Waals surface area contributed by atoms with Crippen LogP contribution in [-0.2, 0) is 16.1 Å². The zero-order chi connectivity index (χ0) is 12.7. The third-order valence-electron chi connectivity index (χ3n) is 2.17. The molecular formula is C12H16FNO3. The predicted molar refractivity (Wildman–Crippen MR) is 61.3 cm³/mol. The number of hydrogen-bond acceptors (Lipinski definition) is 4. The quantitative estimate of drug-likeness (QED) is 0.766. The van der Waals surface area contributed by atoms with E-state index in [1.54, 1.807) is 19.2 Å². The van der Waals surface area contributed by atoms with E-state index < -0.39 is 5.82 Å². The molecule has 0 radical (unpaired) electrons. The van der Waals surface area contributed by atoms with E-state index in [0.29, 0.717) is 6.54 Å². The standard InChI is InChI=1S/C12H16FNO3/c1-14-8-9-3-4-11(10(13)7-9)17-6-5-12(15)16-2/h3-4,7,14H,5-6,8H2,1-2H3. The van der Waals surface area contributed by atoms with Crippen molar-refractivity contribution in [3.8, 4) is 5.75 Å². The van der Waals surface area contributed by atoms with Crippen molar-refractivity contribution in [2.45, 2.75) is 13.0 Å². The van der Waals surface area contributed by atoms with Gasteiger partial charge in [0.2, 0.25) is 0 Å². The third-order valence-corrected chi connectivity index (χ3v) is 2.17. The van der Waals surface area contributed by atoms with Crippen molar-refractivity contribution < 1.29 is 18.7 Å². The van der Waals surface area contributed by atoms with Crippen LogP contribution in [0.2, 0.25) is 0 Å². The minimum absolute atomic E-state index is 0.105. The summed E-state index contributed by atoms with van der Waals surface area (Å²) in [5.41, 5.74) is 0.838. The van der Waals surface area contributed by atoms with Gasteiger partial charge < -0.3 is 14.8 Å². The van der Waals surface area contributed by atoms with Crippen LogP contribution in [0.15, 0.2) is 18.2 Å². The molecule has 0 fully saturated rings. The SMILES string of the molecule is CNCc1ccc(OCCC(=O)OC)c(F)c1. The maximum atomic E-state index is 13.5. The maximum Gasteiger partial charge on any atom is 0.308 e. The molecule has 0 heterocycles. The summed E-state index contributed by atoms with van der Waals surface area (Å²) < 4.78 is 23.1. The molecule has 1 rings (SSSR count). The summed E-state index contributed by atoms with van der Waals surface area (Å²) in [6.07, 6.45) is 0.105. The van der Waals surface area contributed by atoms with Crippen molar-refractivity contribution in [2.24, 2.45) is 0 Å². The Morgan fingerprint density at radius 1 is 1.47 bits per heavy atom. The average molecular weight is 241 g/mol. The molecule has 0 saturated heterocycles. The molecule has 1 aromatic carbocycles. The molecule has 0 aromatic heterocycles. The van der Waals surface area contributed by atoms with Gasteiger partial charge in [0.1, 0.15) is 0 Å². The molecule has 94 valence electrons. The van der Waals surface area contributed by atoms with Gasteiger partial charge in [-0.3, -0.25) is 4.79 Å². The molecule has 4 nitrogen and oxygen atoms in total. The average Bonchev–Trinajstić information content (AvgIpc) is 2.32. The molecule has 0 bridgehead atoms. The Kier molecular flexibility index (Phi) is 5.42. The summed E-state index contributed by atoms with van der Waals surface area (Å²) in [6, 6.07) is 4.73. The minimum atomic E-state index is -0.428. The van der Waals surface area contributed by atoms with Gasteiger partial charge in [0, 0.05) is 6.54 Å². The number of hydrogen-bond donors (Lipinski definition) is 1. The van der Waals surface area contributed by atoms with Gasteiger partial charge >= 0.3 is 5.97 Å². The van der Waals surface area contributed by atoms with Gasteiger partial charge in [0.05, 0.1) is 20.1 Å². The molecular weight excluding hydrogens is 225 g/mol. The number of nitrogens with one attached hydrogen (secondary N) is 1. The van der Waals surface area contributed by atoms with Crippen molar-refractivity contribution in [3.05, 3.63) is 29.6 Å². The smallest absolute Gasteiger partial charge is 0.308 e. The summed E-state index contributed by atoms with van der Waals surface area (Å²) in [6.45, 7) is 0.703. The lowest BCUT2D eigenvalue weighted by Crippen LogP contribution is -2.09. The Balaban J connectivity index is 2.51. The monoisotopic (exact) mass is 241 g/mol. The molecule has 0 unspecified atom stereocenters. The van der Waals surface area contributed by atoms with Crippen LogP contribution < -0.4 is 10.1 Å². The largest absolute Gasteiger partial charge is 0.490 e. The van der Waals surface area contributed by atoms with E-state index in [-0.39, 0.29) is 24.7 Å². The zero-order valence-corrected chi connectivity index (χ0v) is 9.96. The van der Waals surface area contributed by atoms with Crippen LogP contribution in [0.3, 0.4) is 0 Å². The first-order valence-corrected chi connectivity index (χ1v) is 5.30. The molecule has 0 saturated carbocycles. The van der Waals surface area contributed by atoms with Gasteiger partial charge in [-0.25, -0.2) is 4.39 Å². The fourth-order valence-corrected chi connectivity index (χ4v) is 1.32. The first-order chi connectivity index (χ1) is 8.17. The molecule has 0 aliphatic heterocycles. The number of carbonyl (C=O) groups excluding carboxylic acids is 1. The summed E-state index contributed by atoms with van der Waals surface area (Å²) in [4.78, 5) is 10.8. The van der Waals surface area contributed by atoms with Gasteiger partial charge in [-0.15, -0.1) is 0 Å². The normalized spacial score (nSPS) is 10.1. The Morgan fingerprint density at radius 3 is 2.82 bits per heavy atom. The van der Waals surface area contributed by atoms with Crippen LogP contribution in [0.1, 0.15) is 12.0 Å². The van der Waals surface area contributed by atoms with Gasteiger partial charge in [-0.2, -0.15) is 0 Å². The Bertz CT molecular complexity index is 382. The third kappa shape index (κ3) is 4.40. The highest BCUT2D eigenvalue weighted by molar-refractivity contribution is 5.69. The van der Waals surface area contributed by atoms with E-state index >= 15 is 0 Å². The number of benzene rings is 1. The second-order valence-electron chi connectivity index (χ2n) is 3.47. The van der Waals surface area contributed by atoms with Crippen LogP contribution in [0.25, 0.3) is 0 Å². The molecule has 0 spiro atoms. The van der Waals surface area contributed by atoms with Crippen LogP contribution in [0, 0.1) is 5.82 Å². The molecule has 17 heavy (non-hydrogen) atoms. The van der Waals surface area contributed by atoms with Crippen molar-refractivity contribution in [1.82, 2.24) is 5.32 Å². The highest BCUT2D eigenvalue weighted by Gasteiger charge is 2.06. The van der Waals surface area contributed by atoms with Crippen LogP contribution in [0.5, 0.6) is 5.75 Å². The summed E-state index contributed by atoms with van der Waals surface area (Å²) in [5.74, 6) is -0.659. The fourth-order valence-electron chi connectivity index (χ4n) is 1.32.